The molecule has 1 aromatic rings. The number of hydrogen-bond donors (Lipinski definition) is 2. The summed E-state index contributed by atoms with van der Waals surface area (Å²) in [4.78, 5) is 4.10. The lowest BCUT2D eigenvalue weighted by atomic mass is 10.0. The Morgan fingerprint density at radius 1 is 1.62 bits per heavy atom. The zero-order valence-electron chi connectivity index (χ0n) is 9.95. The summed E-state index contributed by atoms with van der Waals surface area (Å²) < 4.78 is 0. The lowest BCUT2D eigenvalue weighted by molar-refractivity contribution is 0.512. The highest BCUT2D eigenvalue weighted by Gasteiger charge is 2.09. The molecule has 1 aromatic heterocycles. The van der Waals surface area contributed by atoms with Gasteiger partial charge < -0.3 is 11.1 Å². The van der Waals surface area contributed by atoms with Gasteiger partial charge in [-0.25, -0.2) is 4.98 Å². The number of nitrogen functional groups attached to an aromatic ring is 1. The minimum atomic E-state index is 0.406. The standard InChI is InChI=1S/C13H21N3/c1-3-6-12(15-8-4-2)10-11-7-5-9-16-13(11)14/h3,5,7,9,12,15H,1,4,6,8,10H2,2H3,(H2,14,16). The maximum atomic E-state index is 5.83. The summed E-state index contributed by atoms with van der Waals surface area (Å²) in [6.45, 7) is 6.98. The van der Waals surface area contributed by atoms with Crippen LogP contribution in [-0.4, -0.2) is 17.6 Å². The summed E-state index contributed by atoms with van der Waals surface area (Å²) >= 11 is 0. The fourth-order valence-electron chi connectivity index (χ4n) is 1.68. The minimum absolute atomic E-state index is 0.406. The van der Waals surface area contributed by atoms with Crippen LogP contribution in [0, 0.1) is 0 Å². The molecule has 0 radical (unpaired) electrons. The van der Waals surface area contributed by atoms with Gasteiger partial charge in [-0.05, 0) is 37.4 Å². The first kappa shape index (κ1) is 12.7. The van der Waals surface area contributed by atoms with E-state index in [1.165, 1.54) is 0 Å². The van der Waals surface area contributed by atoms with Crippen LogP contribution < -0.4 is 11.1 Å². The Morgan fingerprint density at radius 3 is 3.06 bits per heavy atom. The second kappa shape index (κ2) is 7.01. The molecule has 0 saturated heterocycles. The first-order valence-electron chi connectivity index (χ1n) is 5.81. The van der Waals surface area contributed by atoms with Crippen LogP contribution >= 0.6 is 0 Å². The molecule has 3 nitrogen and oxygen atoms in total. The van der Waals surface area contributed by atoms with E-state index in [2.05, 4.69) is 23.8 Å². The highest BCUT2D eigenvalue weighted by molar-refractivity contribution is 5.38. The molecule has 0 saturated carbocycles. The quantitative estimate of drug-likeness (QED) is 0.691. The molecule has 0 spiro atoms. The van der Waals surface area contributed by atoms with Gasteiger partial charge in [-0.2, -0.15) is 0 Å². The highest BCUT2D eigenvalue weighted by atomic mass is 14.9. The molecule has 3 N–H and O–H groups in total. The van der Waals surface area contributed by atoms with Crippen molar-refractivity contribution < 1.29 is 0 Å². The topological polar surface area (TPSA) is 50.9 Å². The molecule has 0 aromatic carbocycles. The largest absolute Gasteiger partial charge is 0.383 e. The Kier molecular flexibility index (Phi) is 5.57. The summed E-state index contributed by atoms with van der Waals surface area (Å²) in [5.74, 6) is 0.634. The van der Waals surface area contributed by atoms with E-state index in [0.717, 1.165) is 31.4 Å². The van der Waals surface area contributed by atoms with E-state index in [-0.39, 0.29) is 0 Å². The third-order valence-electron chi connectivity index (χ3n) is 2.53. The number of nitrogens with one attached hydrogen (secondary N) is 1. The third-order valence-corrected chi connectivity index (χ3v) is 2.53. The van der Waals surface area contributed by atoms with Crippen molar-refractivity contribution in [2.45, 2.75) is 32.2 Å². The highest BCUT2D eigenvalue weighted by Crippen LogP contribution is 2.11. The van der Waals surface area contributed by atoms with E-state index < -0.39 is 0 Å². The third kappa shape index (κ3) is 4.03. The molecule has 1 heterocycles. The van der Waals surface area contributed by atoms with E-state index in [0.29, 0.717) is 11.9 Å². The fourth-order valence-corrected chi connectivity index (χ4v) is 1.68. The maximum Gasteiger partial charge on any atom is 0.126 e. The summed E-state index contributed by atoms with van der Waals surface area (Å²) in [5, 5.41) is 3.49. The van der Waals surface area contributed by atoms with Gasteiger partial charge in [0.25, 0.3) is 0 Å². The second-order valence-corrected chi connectivity index (χ2v) is 3.93. The van der Waals surface area contributed by atoms with Crippen LogP contribution in [0.25, 0.3) is 0 Å². The monoisotopic (exact) mass is 219 g/mol. The Hall–Kier alpha value is -1.35. The van der Waals surface area contributed by atoms with Gasteiger partial charge in [-0.1, -0.05) is 19.1 Å². The van der Waals surface area contributed by atoms with Crippen molar-refractivity contribution in [3.63, 3.8) is 0 Å². The van der Waals surface area contributed by atoms with Gasteiger partial charge in [0.05, 0.1) is 0 Å². The van der Waals surface area contributed by atoms with Crippen LogP contribution in [0.4, 0.5) is 5.82 Å². The minimum Gasteiger partial charge on any atom is -0.383 e. The fraction of sp³-hybridized carbons (Fsp3) is 0.462. The number of aromatic nitrogens is 1. The molecule has 3 heteroatoms. The van der Waals surface area contributed by atoms with E-state index in [1.54, 1.807) is 6.20 Å². The van der Waals surface area contributed by atoms with Crippen molar-refractivity contribution >= 4 is 5.82 Å². The van der Waals surface area contributed by atoms with Gasteiger partial charge in [0.15, 0.2) is 0 Å². The Balaban J connectivity index is 2.60. The molecule has 0 aliphatic carbocycles. The predicted molar refractivity (Wildman–Crippen MR) is 69.2 cm³/mol. The summed E-state index contributed by atoms with van der Waals surface area (Å²) in [7, 11) is 0. The number of hydrogen-bond acceptors (Lipinski definition) is 3. The van der Waals surface area contributed by atoms with Crippen LogP contribution in [0.5, 0.6) is 0 Å². The number of rotatable bonds is 7. The van der Waals surface area contributed by atoms with E-state index in [1.807, 2.05) is 18.2 Å². The first-order chi connectivity index (χ1) is 7.77. The molecule has 16 heavy (non-hydrogen) atoms. The average molecular weight is 219 g/mol. The molecule has 0 amide bonds. The van der Waals surface area contributed by atoms with Crippen LogP contribution in [0.15, 0.2) is 31.0 Å². The van der Waals surface area contributed by atoms with Crippen molar-refractivity contribution in [3.05, 3.63) is 36.5 Å². The molecule has 0 aliphatic rings. The zero-order chi connectivity index (χ0) is 11.8. The average Bonchev–Trinajstić information content (AvgIpc) is 2.29. The van der Waals surface area contributed by atoms with Gasteiger partial charge in [0, 0.05) is 12.2 Å². The molecule has 1 atom stereocenters. The van der Waals surface area contributed by atoms with Gasteiger partial charge in [0.2, 0.25) is 0 Å². The first-order valence-corrected chi connectivity index (χ1v) is 5.81. The number of nitrogens with two attached hydrogens (primary N) is 1. The normalized spacial score (nSPS) is 12.3. The Morgan fingerprint density at radius 2 is 2.44 bits per heavy atom. The van der Waals surface area contributed by atoms with E-state index in [4.69, 9.17) is 5.73 Å². The van der Waals surface area contributed by atoms with Gasteiger partial charge >= 0.3 is 0 Å². The van der Waals surface area contributed by atoms with Crippen LogP contribution in [0.3, 0.4) is 0 Å². The zero-order valence-corrected chi connectivity index (χ0v) is 9.95. The molecule has 1 rings (SSSR count). The van der Waals surface area contributed by atoms with Gasteiger partial charge in [-0.3, -0.25) is 0 Å². The van der Waals surface area contributed by atoms with Crippen LogP contribution in [-0.2, 0) is 6.42 Å². The van der Waals surface area contributed by atoms with Gasteiger partial charge in [-0.15, -0.1) is 6.58 Å². The van der Waals surface area contributed by atoms with Crippen molar-refractivity contribution in [1.29, 1.82) is 0 Å². The van der Waals surface area contributed by atoms with E-state index in [9.17, 15) is 0 Å². The Bertz CT molecular complexity index is 323. The van der Waals surface area contributed by atoms with Gasteiger partial charge in [0.1, 0.15) is 5.82 Å². The van der Waals surface area contributed by atoms with Crippen molar-refractivity contribution in [2.24, 2.45) is 0 Å². The summed E-state index contributed by atoms with van der Waals surface area (Å²) in [6.07, 6.45) is 6.66. The van der Waals surface area contributed by atoms with Crippen molar-refractivity contribution in [3.8, 4) is 0 Å². The SMILES string of the molecule is C=CCC(Cc1cccnc1N)NCCC. The number of anilines is 1. The second-order valence-electron chi connectivity index (χ2n) is 3.93. The molecule has 0 aliphatic heterocycles. The number of pyridine rings is 1. The molecule has 0 fully saturated rings. The van der Waals surface area contributed by atoms with Crippen molar-refractivity contribution in [1.82, 2.24) is 10.3 Å². The lowest BCUT2D eigenvalue weighted by Gasteiger charge is -2.17. The van der Waals surface area contributed by atoms with Crippen LogP contribution in [0.1, 0.15) is 25.3 Å². The van der Waals surface area contributed by atoms with Crippen molar-refractivity contribution in [2.75, 3.05) is 12.3 Å². The molecular weight excluding hydrogens is 198 g/mol. The Labute approximate surface area is 97.8 Å². The maximum absolute atomic E-state index is 5.83. The smallest absolute Gasteiger partial charge is 0.126 e. The predicted octanol–water partition coefficient (Wildman–Crippen LogP) is 2.15. The number of nitrogens with zero attached hydrogens (tertiary/aromatic N) is 1. The lowest BCUT2D eigenvalue weighted by Crippen LogP contribution is -2.31. The molecular formula is C13H21N3. The molecule has 0 bridgehead atoms. The van der Waals surface area contributed by atoms with E-state index >= 15 is 0 Å². The molecule has 88 valence electrons. The summed E-state index contributed by atoms with van der Waals surface area (Å²) in [6, 6.07) is 4.37. The van der Waals surface area contributed by atoms with Crippen LogP contribution in [0.2, 0.25) is 0 Å². The molecule has 1 unspecified atom stereocenters. The summed E-state index contributed by atoms with van der Waals surface area (Å²) in [5.41, 5.74) is 6.94.